The first kappa shape index (κ1) is 12.1. The Labute approximate surface area is 80.1 Å². The van der Waals surface area contributed by atoms with E-state index in [-0.39, 0.29) is 17.7 Å². The van der Waals surface area contributed by atoms with Gasteiger partial charge in [-0.25, -0.2) is 0 Å². The van der Waals surface area contributed by atoms with Gasteiger partial charge in [0.2, 0.25) is 5.91 Å². The molecule has 13 heavy (non-hydrogen) atoms. The molecule has 1 atom stereocenters. The van der Waals surface area contributed by atoms with E-state index < -0.39 is 0 Å². The van der Waals surface area contributed by atoms with E-state index in [1.54, 1.807) is 11.8 Å². The van der Waals surface area contributed by atoms with Crippen LogP contribution in [-0.4, -0.2) is 29.2 Å². The van der Waals surface area contributed by atoms with Gasteiger partial charge in [0.05, 0.1) is 6.04 Å². The summed E-state index contributed by atoms with van der Waals surface area (Å²) in [5.41, 5.74) is 0. The second kappa shape index (κ2) is 5.73. The predicted molar refractivity (Wildman–Crippen MR) is 52.4 cm³/mol. The lowest BCUT2D eigenvalue weighted by Crippen LogP contribution is -2.43. The molecule has 76 valence electrons. The zero-order chi connectivity index (χ0) is 10.4. The Kier molecular flexibility index (Phi) is 5.35. The van der Waals surface area contributed by atoms with Crippen molar-refractivity contribution in [2.45, 2.75) is 46.6 Å². The van der Waals surface area contributed by atoms with Crippen molar-refractivity contribution in [3.05, 3.63) is 0 Å². The van der Waals surface area contributed by atoms with Gasteiger partial charge in [0.25, 0.3) is 0 Å². The second-order valence-electron chi connectivity index (χ2n) is 3.25. The molecule has 0 aromatic rings. The fraction of sp³-hybridized carbons (Fsp3) is 0.800. The largest absolute Gasteiger partial charge is 0.333 e. The van der Waals surface area contributed by atoms with Crippen LogP contribution in [0.25, 0.3) is 0 Å². The second-order valence-corrected chi connectivity index (χ2v) is 3.25. The van der Waals surface area contributed by atoms with Crippen molar-refractivity contribution in [3.8, 4) is 0 Å². The molecule has 0 aromatic carbocycles. The topological polar surface area (TPSA) is 37.4 Å². The molecule has 3 heteroatoms. The maximum absolute atomic E-state index is 11.2. The van der Waals surface area contributed by atoms with Crippen molar-refractivity contribution < 1.29 is 9.59 Å². The van der Waals surface area contributed by atoms with Crippen LogP contribution in [0.5, 0.6) is 0 Å². The van der Waals surface area contributed by atoms with Crippen LogP contribution in [0.15, 0.2) is 0 Å². The van der Waals surface area contributed by atoms with Crippen LogP contribution >= 0.6 is 0 Å². The first-order chi connectivity index (χ1) is 6.04. The quantitative estimate of drug-likeness (QED) is 0.652. The first-order valence-electron chi connectivity index (χ1n) is 4.82. The molecule has 0 unspecified atom stereocenters. The summed E-state index contributed by atoms with van der Waals surface area (Å²) in [5, 5.41) is 0. The van der Waals surface area contributed by atoms with Crippen molar-refractivity contribution in [1.29, 1.82) is 0 Å². The molecule has 3 nitrogen and oxygen atoms in total. The van der Waals surface area contributed by atoms with Crippen LogP contribution in [0.3, 0.4) is 0 Å². The molecule has 0 fully saturated rings. The highest BCUT2D eigenvalue weighted by Crippen LogP contribution is 2.06. The van der Waals surface area contributed by atoms with Crippen LogP contribution in [0.4, 0.5) is 0 Å². The van der Waals surface area contributed by atoms with Gasteiger partial charge in [0, 0.05) is 13.5 Å². The van der Waals surface area contributed by atoms with E-state index in [0.29, 0.717) is 13.0 Å². The average molecular weight is 185 g/mol. The smallest absolute Gasteiger partial charge is 0.220 e. The van der Waals surface area contributed by atoms with E-state index in [9.17, 15) is 9.59 Å². The molecule has 0 saturated carbocycles. The Morgan fingerprint density at radius 2 is 1.77 bits per heavy atom. The third-order valence-electron chi connectivity index (χ3n) is 2.10. The minimum Gasteiger partial charge on any atom is -0.333 e. The summed E-state index contributed by atoms with van der Waals surface area (Å²) in [6.07, 6.45) is 1.60. The number of carbonyl (C=O) groups excluding carboxylic acids is 2. The Morgan fingerprint density at radius 1 is 1.23 bits per heavy atom. The number of hydrogen-bond acceptors (Lipinski definition) is 2. The van der Waals surface area contributed by atoms with Gasteiger partial charge in [-0.05, 0) is 19.8 Å². The molecule has 0 bridgehead atoms. The summed E-state index contributed by atoms with van der Waals surface area (Å²) in [5.74, 6) is 0.0649. The Hall–Kier alpha value is -0.860. The maximum Gasteiger partial charge on any atom is 0.220 e. The highest BCUT2D eigenvalue weighted by atomic mass is 16.2. The van der Waals surface area contributed by atoms with Gasteiger partial charge in [-0.3, -0.25) is 9.59 Å². The molecule has 0 heterocycles. The molecule has 0 N–H and O–H groups in total. The fourth-order valence-electron chi connectivity index (χ4n) is 1.50. The van der Waals surface area contributed by atoms with Crippen molar-refractivity contribution in [3.63, 3.8) is 0 Å². The molecular weight excluding hydrogens is 166 g/mol. The van der Waals surface area contributed by atoms with Crippen LogP contribution < -0.4 is 0 Å². The van der Waals surface area contributed by atoms with Crippen LogP contribution in [0.2, 0.25) is 0 Å². The van der Waals surface area contributed by atoms with E-state index in [4.69, 9.17) is 0 Å². The summed E-state index contributed by atoms with van der Waals surface area (Å²) in [6, 6.07) is -0.225. The van der Waals surface area contributed by atoms with E-state index in [2.05, 4.69) is 0 Å². The summed E-state index contributed by atoms with van der Waals surface area (Å²) < 4.78 is 0. The summed E-state index contributed by atoms with van der Waals surface area (Å²) in [7, 11) is 0. The minimum atomic E-state index is -0.225. The standard InChI is InChI=1S/C10H19NO2/c1-5-7-11(9(4)13)10(6-2)8(3)12/h10H,5-7H2,1-4H3/t10-/m1/s1. The number of carbonyl (C=O) groups is 2. The number of rotatable bonds is 5. The minimum absolute atomic E-state index is 0.0103. The van der Waals surface area contributed by atoms with Crippen molar-refractivity contribution in [1.82, 2.24) is 4.90 Å². The van der Waals surface area contributed by atoms with Crippen molar-refractivity contribution in [2.24, 2.45) is 0 Å². The molecule has 0 aliphatic rings. The normalized spacial score (nSPS) is 12.3. The molecule has 0 spiro atoms. The van der Waals surface area contributed by atoms with Crippen molar-refractivity contribution in [2.75, 3.05) is 6.54 Å². The maximum atomic E-state index is 11.2. The molecule has 0 rings (SSSR count). The highest BCUT2D eigenvalue weighted by molar-refractivity contribution is 5.86. The van der Waals surface area contributed by atoms with Gasteiger partial charge < -0.3 is 4.90 Å². The van der Waals surface area contributed by atoms with Gasteiger partial charge in [-0.1, -0.05) is 13.8 Å². The van der Waals surface area contributed by atoms with E-state index in [1.165, 1.54) is 6.92 Å². The SMILES string of the molecule is CCCN(C(C)=O)[C@H](CC)C(C)=O. The molecule has 1 amide bonds. The number of ketones is 1. The zero-order valence-corrected chi connectivity index (χ0v) is 8.96. The number of hydrogen-bond donors (Lipinski definition) is 0. The van der Waals surface area contributed by atoms with Gasteiger partial charge >= 0.3 is 0 Å². The van der Waals surface area contributed by atoms with Gasteiger partial charge in [-0.2, -0.15) is 0 Å². The number of Topliss-reactive ketones (excluding diaryl/α,β-unsaturated/α-hetero) is 1. The Morgan fingerprint density at radius 3 is 2.00 bits per heavy atom. The van der Waals surface area contributed by atoms with Crippen LogP contribution in [0.1, 0.15) is 40.5 Å². The van der Waals surface area contributed by atoms with Gasteiger partial charge in [0.1, 0.15) is 0 Å². The molecule has 0 saturated heterocycles. The number of nitrogens with zero attached hydrogens (tertiary/aromatic N) is 1. The Bertz CT molecular complexity index is 189. The van der Waals surface area contributed by atoms with E-state index >= 15 is 0 Å². The first-order valence-corrected chi connectivity index (χ1v) is 4.82. The fourth-order valence-corrected chi connectivity index (χ4v) is 1.50. The van der Waals surface area contributed by atoms with E-state index in [1.807, 2.05) is 13.8 Å². The molecule has 0 aliphatic carbocycles. The number of amides is 1. The Balaban J connectivity index is 4.48. The summed E-state index contributed by atoms with van der Waals surface area (Å²) in [4.78, 5) is 24.1. The van der Waals surface area contributed by atoms with Crippen molar-refractivity contribution >= 4 is 11.7 Å². The lowest BCUT2D eigenvalue weighted by molar-refractivity contribution is -0.137. The monoisotopic (exact) mass is 185 g/mol. The summed E-state index contributed by atoms with van der Waals surface area (Å²) in [6.45, 7) is 7.66. The molecular formula is C10H19NO2. The highest BCUT2D eigenvalue weighted by Gasteiger charge is 2.21. The van der Waals surface area contributed by atoms with Crippen LogP contribution in [0, 0.1) is 0 Å². The zero-order valence-electron chi connectivity index (χ0n) is 8.96. The third-order valence-corrected chi connectivity index (χ3v) is 2.10. The lowest BCUT2D eigenvalue weighted by atomic mass is 10.1. The molecule has 0 aromatic heterocycles. The van der Waals surface area contributed by atoms with Gasteiger partial charge in [0.15, 0.2) is 5.78 Å². The predicted octanol–water partition coefficient (Wildman–Crippen LogP) is 1.61. The molecule has 0 radical (unpaired) electrons. The average Bonchev–Trinajstić information content (AvgIpc) is 2.03. The lowest BCUT2D eigenvalue weighted by Gasteiger charge is -2.27. The van der Waals surface area contributed by atoms with E-state index in [0.717, 1.165) is 6.42 Å². The van der Waals surface area contributed by atoms with Crippen LogP contribution in [-0.2, 0) is 9.59 Å². The molecule has 0 aliphatic heterocycles. The summed E-state index contributed by atoms with van der Waals surface area (Å²) >= 11 is 0. The third kappa shape index (κ3) is 3.57. The van der Waals surface area contributed by atoms with Gasteiger partial charge in [-0.15, -0.1) is 0 Å².